The van der Waals surface area contributed by atoms with Gasteiger partial charge in [-0.25, -0.2) is 19.9 Å². The van der Waals surface area contributed by atoms with Crippen molar-refractivity contribution in [1.82, 2.24) is 29.4 Å². The van der Waals surface area contributed by atoms with E-state index in [-0.39, 0.29) is 6.04 Å². The number of aryl methyl sites for hydroxylation is 1. The Balaban J connectivity index is 1.47. The van der Waals surface area contributed by atoms with Crippen LogP contribution in [0.5, 0.6) is 6.01 Å². The SMILES string of the molecule is Cc1ccnc(OC[C@@H]2CN(Cc3nccs3)Cc3cncn32)n1. The van der Waals surface area contributed by atoms with Crippen molar-refractivity contribution in [2.24, 2.45) is 0 Å². The van der Waals surface area contributed by atoms with E-state index < -0.39 is 0 Å². The summed E-state index contributed by atoms with van der Waals surface area (Å²) in [5.41, 5.74) is 2.09. The van der Waals surface area contributed by atoms with Crippen LogP contribution in [0.2, 0.25) is 0 Å². The first-order chi connectivity index (χ1) is 11.8. The lowest BCUT2D eigenvalue weighted by Crippen LogP contribution is -2.39. The maximum Gasteiger partial charge on any atom is 0.316 e. The van der Waals surface area contributed by atoms with Gasteiger partial charge in [0.2, 0.25) is 0 Å². The minimum atomic E-state index is 0.181. The summed E-state index contributed by atoms with van der Waals surface area (Å²) in [6, 6.07) is 2.46. The molecule has 0 saturated carbocycles. The molecule has 0 fully saturated rings. The number of imidazole rings is 1. The standard InChI is InChI=1S/C16H18N6OS/c1-12-2-3-19-16(20-12)23-10-14-8-21(9-15-18-4-5-24-15)7-13-6-17-11-22(13)14/h2-6,11,14H,7-10H2,1H3/t14-/m0/s1. The van der Waals surface area contributed by atoms with Crippen LogP contribution in [0.4, 0.5) is 0 Å². The van der Waals surface area contributed by atoms with Gasteiger partial charge in [0.1, 0.15) is 11.6 Å². The van der Waals surface area contributed by atoms with E-state index in [9.17, 15) is 0 Å². The molecule has 0 unspecified atom stereocenters. The van der Waals surface area contributed by atoms with Crippen LogP contribution in [0, 0.1) is 6.92 Å². The second kappa shape index (κ2) is 6.66. The third-order valence-corrected chi connectivity index (χ3v) is 4.78. The predicted octanol–water partition coefficient (Wildman–Crippen LogP) is 2.07. The molecule has 0 radical (unpaired) electrons. The average molecular weight is 342 g/mol. The number of hydrogen-bond acceptors (Lipinski definition) is 7. The number of thiazole rings is 1. The Bertz CT molecular complexity index is 803. The minimum Gasteiger partial charge on any atom is -0.461 e. The third kappa shape index (κ3) is 3.29. The summed E-state index contributed by atoms with van der Waals surface area (Å²) >= 11 is 1.69. The van der Waals surface area contributed by atoms with Crippen molar-refractivity contribution >= 4 is 11.3 Å². The molecule has 1 aliphatic heterocycles. The highest BCUT2D eigenvalue weighted by molar-refractivity contribution is 7.09. The molecule has 24 heavy (non-hydrogen) atoms. The van der Waals surface area contributed by atoms with Crippen molar-refractivity contribution in [2.45, 2.75) is 26.1 Å². The first-order valence-corrected chi connectivity index (χ1v) is 8.70. The molecule has 0 saturated heterocycles. The summed E-state index contributed by atoms with van der Waals surface area (Å²) in [4.78, 5) is 19.5. The van der Waals surface area contributed by atoms with E-state index >= 15 is 0 Å². The van der Waals surface area contributed by atoms with Crippen LogP contribution >= 0.6 is 11.3 Å². The predicted molar refractivity (Wildman–Crippen MR) is 89.8 cm³/mol. The molecule has 0 amide bonds. The van der Waals surface area contributed by atoms with Gasteiger partial charge in [-0.1, -0.05) is 0 Å². The van der Waals surface area contributed by atoms with Crippen molar-refractivity contribution in [2.75, 3.05) is 13.2 Å². The van der Waals surface area contributed by atoms with Gasteiger partial charge in [-0.05, 0) is 13.0 Å². The van der Waals surface area contributed by atoms with Crippen LogP contribution in [0.15, 0.2) is 36.4 Å². The van der Waals surface area contributed by atoms with E-state index in [1.807, 2.05) is 37.1 Å². The number of hydrogen-bond donors (Lipinski definition) is 0. The molecule has 4 rings (SSSR count). The molecule has 8 heteroatoms. The molecule has 1 atom stereocenters. The van der Waals surface area contributed by atoms with Crippen molar-refractivity contribution in [3.8, 4) is 6.01 Å². The van der Waals surface area contributed by atoms with Gasteiger partial charge in [-0.2, -0.15) is 0 Å². The fourth-order valence-corrected chi connectivity index (χ4v) is 3.56. The molecule has 0 bridgehead atoms. The van der Waals surface area contributed by atoms with Crippen LogP contribution in [0.25, 0.3) is 0 Å². The number of ether oxygens (including phenoxy) is 1. The van der Waals surface area contributed by atoms with Gasteiger partial charge < -0.3 is 9.30 Å². The van der Waals surface area contributed by atoms with Gasteiger partial charge in [0.05, 0.1) is 24.6 Å². The summed E-state index contributed by atoms with van der Waals surface area (Å²) in [6.07, 6.45) is 7.37. The first-order valence-electron chi connectivity index (χ1n) is 7.82. The molecule has 3 aromatic rings. The van der Waals surface area contributed by atoms with Gasteiger partial charge in [-0.15, -0.1) is 11.3 Å². The highest BCUT2D eigenvalue weighted by atomic mass is 32.1. The van der Waals surface area contributed by atoms with Crippen molar-refractivity contribution in [3.05, 3.63) is 52.8 Å². The van der Waals surface area contributed by atoms with E-state index in [2.05, 4.69) is 29.4 Å². The smallest absolute Gasteiger partial charge is 0.316 e. The summed E-state index contributed by atoms with van der Waals surface area (Å²) in [6.45, 7) is 5.05. The van der Waals surface area contributed by atoms with Crippen LogP contribution in [0.1, 0.15) is 22.4 Å². The van der Waals surface area contributed by atoms with E-state index in [0.29, 0.717) is 12.6 Å². The van der Waals surface area contributed by atoms with Crippen molar-refractivity contribution in [1.29, 1.82) is 0 Å². The van der Waals surface area contributed by atoms with Gasteiger partial charge in [0.15, 0.2) is 0 Å². The topological polar surface area (TPSA) is 69.0 Å². The second-order valence-electron chi connectivity index (χ2n) is 5.83. The minimum absolute atomic E-state index is 0.181. The molecule has 0 spiro atoms. The van der Waals surface area contributed by atoms with Crippen LogP contribution in [0.3, 0.4) is 0 Å². The lowest BCUT2D eigenvalue weighted by Gasteiger charge is -2.33. The van der Waals surface area contributed by atoms with Crippen LogP contribution in [-0.2, 0) is 13.1 Å². The van der Waals surface area contributed by atoms with Gasteiger partial charge >= 0.3 is 6.01 Å². The maximum absolute atomic E-state index is 5.83. The summed E-state index contributed by atoms with van der Waals surface area (Å²) in [5.74, 6) is 0. The fraction of sp³-hybridized carbons (Fsp3) is 0.375. The van der Waals surface area contributed by atoms with E-state index in [1.54, 1.807) is 17.5 Å². The van der Waals surface area contributed by atoms with E-state index in [4.69, 9.17) is 4.74 Å². The highest BCUT2D eigenvalue weighted by Gasteiger charge is 2.26. The number of aromatic nitrogens is 5. The Morgan fingerprint density at radius 2 is 2.29 bits per heavy atom. The zero-order valence-corrected chi connectivity index (χ0v) is 14.2. The largest absolute Gasteiger partial charge is 0.461 e. The number of rotatable bonds is 5. The fourth-order valence-electron chi connectivity index (χ4n) is 2.90. The normalized spacial score (nSPS) is 17.6. The van der Waals surface area contributed by atoms with Crippen molar-refractivity contribution < 1.29 is 4.74 Å². The first kappa shape index (κ1) is 15.2. The highest BCUT2D eigenvalue weighted by Crippen LogP contribution is 2.23. The summed E-state index contributed by atoms with van der Waals surface area (Å²) in [7, 11) is 0. The molecular formula is C16H18N6OS. The Hall–Kier alpha value is -2.32. The van der Waals surface area contributed by atoms with Crippen molar-refractivity contribution in [3.63, 3.8) is 0 Å². The molecule has 0 N–H and O–H groups in total. The Kier molecular flexibility index (Phi) is 4.22. The Morgan fingerprint density at radius 1 is 1.33 bits per heavy atom. The zero-order valence-electron chi connectivity index (χ0n) is 13.4. The van der Waals surface area contributed by atoms with Gasteiger partial charge in [0, 0.05) is 42.8 Å². The van der Waals surface area contributed by atoms with Gasteiger partial charge in [-0.3, -0.25) is 4.90 Å². The molecule has 4 heterocycles. The van der Waals surface area contributed by atoms with Crippen LogP contribution in [-0.4, -0.2) is 42.6 Å². The van der Waals surface area contributed by atoms with Crippen LogP contribution < -0.4 is 4.74 Å². The van der Waals surface area contributed by atoms with E-state index in [0.717, 1.165) is 30.3 Å². The monoisotopic (exact) mass is 342 g/mol. The summed E-state index contributed by atoms with van der Waals surface area (Å²) in [5, 5.41) is 3.14. The zero-order chi connectivity index (χ0) is 16.4. The molecule has 0 aliphatic carbocycles. The molecule has 3 aromatic heterocycles. The van der Waals surface area contributed by atoms with E-state index in [1.165, 1.54) is 5.69 Å². The molecular weight excluding hydrogens is 324 g/mol. The molecule has 0 aromatic carbocycles. The third-order valence-electron chi connectivity index (χ3n) is 4.01. The Labute approximate surface area is 144 Å². The molecule has 1 aliphatic rings. The summed E-state index contributed by atoms with van der Waals surface area (Å²) < 4.78 is 8.01. The number of nitrogens with zero attached hydrogens (tertiary/aromatic N) is 6. The van der Waals surface area contributed by atoms with Gasteiger partial charge in [0.25, 0.3) is 0 Å². The molecule has 124 valence electrons. The lowest BCUT2D eigenvalue weighted by molar-refractivity contribution is 0.132. The average Bonchev–Trinajstić information content (AvgIpc) is 3.24. The quantitative estimate of drug-likeness (QED) is 0.707. The second-order valence-corrected chi connectivity index (χ2v) is 6.81. The number of fused-ring (bicyclic) bond motifs is 1. The Morgan fingerprint density at radius 3 is 3.12 bits per heavy atom. The molecule has 7 nitrogen and oxygen atoms in total. The maximum atomic E-state index is 5.83. The lowest BCUT2D eigenvalue weighted by atomic mass is 10.2.